The molecule has 3 heterocycles. The van der Waals surface area contributed by atoms with Crippen LogP contribution in [0.2, 0.25) is 5.15 Å². The van der Waals surface area contributed by atoms with Gasteiger partial charge < -0.3 is 4.57 Å². The van der Waals surface area contributed by atoms with E-state index in [1.54, 1.807) is 6.20 Å². The highest BCUT2D eigenvalue weighted by molar-refractivity contribution is 6.31. The first-order valence-electron chi connectivity index (χ1n) is 6.84. The Hall–Kier alpha value is -1.32. The lowest BCUT2D eigenvalue weighted by Crippen LogP contribution is -2.29. The van der Waals surface area contributed by atoms with Crippen molar-refractivity contribution in [1.29, 1.82) is 0 Å². The Kier molecular flexibility index (Phi) is 3.85. The van der Waals surface area contributed by atoms with E-state index in [9.17, 15) is 0 Å². The molecule has 4 heteroatoms. The largest absolute Gasteiger partial charge is 0.317 e. The standard InChI is InChI=1S/C15H18ClN3/c16-15-14(7-4-8-17-15)19-11-5-6-13(19)12-18-9-2-1-3-10-18/h4-8,11H,1-3,9-10,12H2. The van der Waals surface area contributed by atoms with E-state index in [0.29, 0.717) is 5.15 Å². The van der Waals surface area contributed by atoms with Crippen LogP contribution in [0.1, 0.15) is 25.0 Å². The van der Waals surface area contributed by atoms with Crippen LogP contribution in [-0.4, -0.2) is 27.5 Å². The van der Waals surface area contributed by atoms with E-state index in [1.165, 1.54) is 38.0 Å². The summed E-state index contributed by atoms with van der Waals surface area (Å²) in [5, 5.41) is 0.554. The van der Waals surface area contributed by atoms with Gasteiger partial charge in [0.2, 0.25) is 0 Å². The molecule has 0 unspecified atom stereocenters. The molecule has 1 aliphatic heterocycles. The molecule has 2 aromatic heterocycles. The number of likely N-dealkylation sites (tertiary alicyclic amines) is 1. The fourth-order valence-electron chi connectivity index (χ4n) is 2.68. The average molecular weight is 276 g/mol. The second kappa shape index (κ2) is 5.76. The zero-order valence-electron chi connectivity index (χ0n) is 10.9. The molecule has 0 aliphatic carbocycles. The second-order valence-corrected chi connectivity index (χ2v) is 5.38. The number of nitrogens with zero attached hydrogens (tertiary/aromatic N) is 3. The van der Waals surface area contributed by atoms with Gasteiger partial charge in [-0.05, 0) is 50.2 Å². The number of pyridine rings is 1. The molecule has 0 saturated carbocycles. The van der Waals surface area contributed by atoms with Gasteiger partial charge in [0.1, 0.15) is 0 Å². The Labute approximate surface area is 118 Å². The summed E-state index contributed by atoms with van der Waals surface area (Å²) in [7, 11) is 0. The molecule has 0 spiro atoms. The van der Waals surface area contributed by atoms with E-state index in [1.807, 2.05) is 12.1 Å². The van der Waals surface area contributed by atoms with Crippen molar-refractivity contribution in [2.75, 3.05) is 13.1 Å². The van der Waals surface area contributed by atoms with Crippen molar-refractivity contribution < 1.29 is 0 Å². The van der Waals surface area contributed by atoms with E-state index >= 15 is 0 Å². The third kappa shape index (κ3) is 2.82. The van der Waals surface area contributed by atoms with Crippen molar-refractivity contribution in [3.63, 3.8) is 0 Å². The zero-order chi connectivity index (χ0) is 13.1. The molecular weight excluding hydrogens is 258 g/mol. The van der Waals surface area contributed by atoms with Crippen LogP contribution in [0.5, 0.6) is 0 Å². The number of piperidine rings is 1. The third-order valence-electron chi connectivity index (χ3n) is 3.67. The highest BCUT2D eigenvalue weighted by atomic mass is 35.5. The minimum absolute atomic E-state index is 0.554. The molecular formula is C15H18ClN3. The van der Waals surface area contributed by atoms with Gasteiger partial charge in [0.15, 0.2) is 5.15 Å². The highest BCUT2D eigenvalue weighted by Crippen LogP contribution is 2.21. The maximum atomic E-state index is 6.18. The van der Waals surface area contributed by atoms with Gasteiger partial charge in [-0.25, -0.2) is 4.98 Å². The first kappa shape index (κ1) is 12.7. The molecule has 0 aromatic carbocycles. The van der Waals surface area contributed by atoms with Crippen LogP contribution in [-0.2, 0) is 6.54 Å². The van der Waals surface area contributed by atoms with E-state index in [2.05, 4.69) is 32.8 Å². The highest BCUT2D eigenvalue weighted by Gasteiger charge is 2.13. The summed E-state index contributed by atoms with van der Waals surface area (Å²) >= 11 is 6.18. The van der Waals surface area contributed by atoms with Crippen molar-refractivity contribution in [2.45, 2.75) is 25.8 Å². The van der Waals surface area contributed by atoms with E-state index in [4.69, 9.17) is 11.6 Å². The van der Waals surface area contributed by atoms with Crippen molar-refractivity contribution in [3.8, 4) is 5.69 Å². The topological polar surface area (TPSA) is 21.1 Å². The van der Waals surface area contributed by atoms with Gasteiger partial charge in [-0.3, -0.25) is 4.90 Å². The monoisotopic (exact) mass is 275 g/mol. The molecule has 3 rings (SSSR count). The number of hydrogen-bond acceptors (Lipinski definition) is 2. The Morgan fingerprint density at radius 2 is 1.95 bits per heavy atom. The van der Waals surface area contributed by atoms with Crippen LogP contribution in [0, 0.1) is 0 Å². The molecule has 2 aromatic rings. The molecule has 0 N–H and O–H groups in total. The molecule has 1 saturated heterocycles. The molecule has 100 valence electrons. The quantitative estimate of drug-likeness (QED) is 0.800. The number of halogens is 1. The van der Waals surface area contributed by atoms with Gasteiger partial charge in [0, 0.05) is 24.6 Å². The van der Waals surface area contributed by atoms with Gasteiger partial charge in [0.05, 0.1) is 5.69 Å². The SMILES string of the molecule is Clc1ncccc1-n1cccc1CN1CCCCC1. The van der Waals surface area contributed by atoms with Crippen LogP contribution >= 0.6 is 11.6 Å². The number of rotatable bonds is 3. The van der Waals surface area contributed by atoms with Gasteiger partial charge in [-0.2, -0.15) is 0 Å². The van der Waals surface area contributed by atoms with Crippen molar-refractivity contribution in [3.05, 3.63) is 47.5 Å². The van der Waals surface area contributed by atoms with Crippen LogP contribution in [0.3, 0.4) is 0 Å². The van der Waals surface area contributed by atoms with Crippen LogP contribution in [0.4, 0.5) is 0 Å². The molecule has 0 radical (unpaired) electrons. The first-order chi connectivity index (χ1) is 9.34. The summed E-state index contributed by atoms with van der Waals surface area (Å²) < 4.78 is 2.14. The fourth-order valence-corrected chi connectivity index (χ4v) is 2.89. The second-order valence-electron chi connectivity index (χ2n) is 5.02. The lowest BCUT2D eigenvalue weighted by Gasteiger charge is -2.26. The van der Waals surface area contributed by atoms with E-state index < -0.39 is 0 Å². The van der Waals surface area contributed by atoms with E-state index in [-0.39, 0.29) is 0 Å². The van der Waals surface area contributed by atoms with Crippen molar-refractivity contribution >= 4 is 11.6 Å². The van der Waals surface area contributed by atoms with Gasteiger partial charge in [-0.1, -0.05) is 18.0 Å². The summed E-state index contributed by atoms with van der Waals surface area (Å²) in [6.45, 7) is 3.39. The zero-order valence-corrected chi connectivity index (χ0v) is 11.7. The molecule has 1 aliphatic rings. The normalized spacial score (nSPS) is 16.7. The Morgan fingerprint density at radius 3 is 2.74 bits per heavy atom. The van der Waals surface area contributed by atoms with Crippen molar-refractivity contribution in [1.82, 2.24) is 14.5 Å². The molecule has 0 amide bonds. The van der Waals surface area contributed by atoms with Gasteiger partial charge in [0.25, 0.3) is 0 Å². The fraction of sp³-hybridized carbons (Fsp3) is 0.400. The molecule has 0 bridgehead atoms. The predicted octanol–water partition coefficient (Wildman–Crippen LogP) is 3.51. The smallest absolute Gasteiger partial charge is 0.152 e. The number of hydrogen-bond donors (Lipinski definition) is 0. The Morgan fingerprint density at radius 1 is 1.11 bits per heavy atom. The minimum Gasteiger partial charge on any atom is -0.317 e. The van der Waals surface area contributed by atoms with Crippen LogP contribution in [0.25, 0.3) is 5.69 Å². The minimum atomic E-state index is 0.554. The Balaban J connectivity index is 1.84. The lowest BCUT2D eigenvalue weighted by atomic mass is 10.1. The third-order valence-corrected chi connectivity index (χ3v) is 3.96. The van der Waals surface area contributed by atoms with Crippen LogP contribution in [0.15, 0.2) is 36.7 Å². The molecule has 0 atom stereocenters. The molecule has 1 fully saturated rings. The summed E-state index contributed by atoms with van der Waals surface area (Å²) in [6.07, 6.45) is 7.77. The summed E-state index contributed by atoms with van der Waals surface area (Å²) in [4.78, 5) is 6.67. The predicted molar refractivity (Wildman–Crippen MR) is 77.7 cm³/mol. The summed E-state index contributed by atoms with van der Waals surface area (Å²) in [5.41, 5.74) is 2.23. The maximum Gasteiger partial charge on any atom is 0.152 e. The summed E-state index contributed by atoms with van der Waals surface area (Å²) in [6, 6.07) is 8.17. The average Bonchev–Trinajstić information content (AvgIpc) is 2.88. The van der Waals surface area contributed by atoms with Crippen LogP contribution < -0.4 is 0 Å². The maximum absolute atomic E-state index is 6.18. The van der Waals surface area contributed by atoms with Gasteiger partial charge >= 0.3 is 0 Å². The Bertz CT molecular complexity index is 544. The number of aromatic nitrogens is 2. The first-order valence-corrected chi connectivity index (χ1v) is 7.22. The van der Waals surface area contributed by atoms with Crippen molar-refractivity contribution in [2.24, 2.45) is 0 Å². The summed E-state index contributed by atoms with van der Waals surface area (Å²) in [5.74, 6) is 0. The lowest BCUT2D eigenvalue weighted by molar-refractivity contribution is 0.217. The molecule has 19 heavy (non-hydrogen) atoms. The van der Waals surface area contributed by atoms with E-state index in [0.717, 1.165) is 12.2 Å². The molecule has 3 nitrogen and oxygen atoms in total. The van der Waals surface area contributed by atoms with Gasteiger partial charge in [-0.15, -0.1) is 0 Å².